The summed E-state index contributed by atoms with van der Waals surface area (Å²) in [6, 6.07) is 23.3. The fourth-order valence-corrected chi connectivity index (χ4v) is 5.22. The number of carbonyl (C=O) groups excluding carboxylic acids is 2. The molecule has 0 unspecified atom stereocenters. The second-order valence-corrected chi connectivity index (χ2v) is 11.9. The summed E-state index contributed by atoms with van der Waals surface area (Å²) in [5.74, 6) is 0.676. The number of amides is 1. The van der Waals surface area contributed by atoms with Gasteiger partial charge in [-0.3, -0.25) is 9.59 Å². The van der Waals surface area contributed by atoms with Gasteiger partial charge in [0.2, 0.25) is 0 Å². The Kier molecular flexibility index (Phi) is 7.78. The molecular weight excluding hydrogens is 538 g/mol. The molecule has 1 aliphatic heterocycles. The van der Waals surface area contributed by atoms with E-state index in [0.29, 0.717) is 55.3 Å². The van der Waals surface area contributed by atoms with Crippen LogP contribution >= 0.6 is 0 Å². The van der Waals surface area contributed by atoms with Gasteiger partial charge in [0, 0.05) is 60.5 Å². The molecule has 3 heterocycles. The Morgan fingerprint density at radius 2 is 1.65 bits per heavy atom. The highest BCUT2D eigenvalue weighted by Crippen LogP contribution is 2.27. The number of hydrogen-bond donors (Lipinski definition) is 1. The number of morpholine rings is 1. The molecule has 0 saturated carbocycles. The van der Waals surface area contributed by atoms with E-state index in [1.54, 1.807) is 6.20 Å². The summed E-state index contributed by atoms with van der Waals surface area (Å²) >= 11 is 0. The third-order valence-electron chi connectivity index (χ3n) is 7.73. The van der Waals surface area contributed by atoms with E-state index in [0.717, 1.165) is 22.5 Å². The van der Waals surface area contributed by atoms with E-state index in [2.05, 4.69) is 31.1 Å². The SMILES string of the molecule is CC(C)(C)c1ccc(C(=O)Cc2cccc(-c3cn4ccnc4c(Nc4ccc(C(=O)N5CCOCC5)cc4)n3)c2)cc1. The average Bonchev–Trinajstić information content (AvgIpc) is 3.51. The molecule has 2 aromatic heterocycles. The number of imidazole rings is 1. The smallest absolute Gasteiger partial charge is 0.254 e. The maximum absolute atomic E-state index is 13.1. The zero-order valence-electron chi connectivity index (χ0n) is 24.7. The molecule has 0 aliphatic carbocycles. The van der Waals surface area contributed by atoms with Crippen molar-refractivity contribution in [1.82, 2.24) is 19.3 Å². The van der Waals surface area contributed by atoms with Gasteiger partial charge in [-0.2, -0.15) is 0 Å². The van der Waals surface area contributed by atoms with Gasteiger partial charge in [-0.05, 0) is 46.9 Å². The first kappa shape index (κ1) is 28.3. The van der Waals surface area contributed by atoms with Crippen LogP contribution in [0.15, 0.2) is 91.4 Å². The topological polar surface area (TPSA) is 88.8 Å². The first-order chi connectivity index (χ1) is 20.7. The van der Waals surface area contributed by atoms with Crippen LogP contribution in [0.2, 0.25) is 0 Å². The van der Waals surface area contributed by atoms with Crippen LogP contribution in [0.1, 0.15) is 52.6 Å². The molecule has 1 amide bonds. The van der Waals surface area contributed by atoms with E-state index >= 15 is 0 Å². The van der Waals surface area contributed by atoms with Gasteiger partial charge in [0.25, 0.3) is 5.91 Å². The molecule has 6 rings (SSSR count). The monoisotopic (exact) mass is 573 g/mol. The largest absolute Gasteiger partial charge is 0.378 e. The van der Waals surface area contributed by atoms with E-state index in [-0.39, 0.29) is 17.1 Å². The third kappa shape index (κ3) is 6.34. The minimum absolute atomic E-state index is 0.00547. The Labute approximate surface area is 251 Å². The highest BCUT2D eigenvalue weighted by molar-refractivity contribution is 5.97. The number of aromatic nitrogens is 3. The Morgan fingerprint density at radius 3 is 2.37 bits per heavy atom. The van der Waals surface area contributed by atoms with Crippen molar-refractivity contribution < 1.29 is 14.3 Å². The van der Waals surface area contributed by atoms with Crippen LogP contribution < -0.4 is 5.32 Å². The summed E-state index contributed by atoms with van der Waals surface area (Å²) in [5, 5.41) is 3.38. The quantitative estimate of drug-likeness (QED) is 0.229. The normalized spacial score (nSPS) is 13.7. The van der Waals surface area contributed by atoms with Crippen LogP contribution in [0.3, 0.4) is 0 Å². The van der Waals surface area contributed by atoms with Crippen LogP contribution in [-0.4, -0.2) is 57.3 Å². The number of benzene rings is 3. The molecular formula is C35H35N5O3. The lowest BCUT2D eigenvalue weighted by atomic mass is 9.86. The molecule has 1 saturated heterocycles. The number of fused-ring (bicyclic) bond motifs is 1. The molecule has 43 heavy (non-hydrogen) atoms. The van der Waals surface area contributed by atoms with Crippen LogP contribution in [0.25, 0.3) is 16.9 Å². The zero-order valence-corrected chi connectivity index (χ0v) is 24.7. The predicted octanol–water partition coefficient (Wildman–Crippen LogP) is 6.34. The van der Waals surface area contributed by atoms with E-state index < -0.39 is 0 Å². The van der Waals surface area contributed by atoms with Gasteiger partial charge in [0.15, 0.2) is 17.2 Å². The minimum atomic E-state index is 0.00547. The molecule has 0 atom stereocenters. The number of hydrogen-bond acceptors (Lipinski definition) is 6. The van der Waals surface area contributed by atoms with Crippen molar-refractivity contribution >= 4 is 28.8 Å². The predicted molar refractivity (Wildman–Crippen MR) is 168 cm³/mol. The van der Waals surface area contributed by atoms with E-state index in [9.17, 15) is 9.59 Å². The summed E-state index contributed by atoms with van der Waals surface area (Å²) in [6.07, 6.45) is 5.85. The number of carbonyl (C=O) groups is 2. The number of nitrogens with one attached hydrogen (secondary N) is 1. The number of nitrogens with zero attached hydrogens (tertiary/aromatic N) is 4. The van der Waals surface area contributed by atoms with Gasteiger partial charge in [-0.25, -0.2) is 9.97 Å². The first-order valence-corrected chi connectivity index (χ1v) is 14.6. The molecule has 8 heteroatoms. The molecule has 1 aliphatic rings. The first-order valence-electron chi connectivity index (χ1n) is 14.6. The Balaban J connectivity index is 1.21. The summed E-state index contributed by atoms with van der Waals surface area (Å²) in [4.78, 5) is 37.2. The van der Waals surface area contributed by atoms with Gasteiger partial charge in [0.05, 0.1) is 18.9 Å². The van der Waals surface area contributed by atoms with E-state index in [1.807, 2.05) is 94.5 Å². The van der Waals surface area contributed by atoms with Crippen LogP contribution in [0.5, 0.6) is 0 Å². The van der Waals surface area contributed by atoms with Crippen molar-refractivity contribution in [2.45, 2.75) is 32.6 Å². The molecule has 0 spiro atoms. The second-order valence-electron chi connectivity index (χ2n) is 11.9. The van der Waals surface area contributed by atoms with Gasteiger partial charge in [-0.15, -0.1) is 0 Å². The number of rotatable bonds is 7. The van der Waals surface area contributed by atoms with Crippen molar-refractivity contribution in [2.24, 2.45) is 0 Å². The number of anilines is 2. The maximum Gasteiger partial charge on any atom is 0.254 e. The lowest BCUT2D eigenvalue weighted by Gasteiger charge is -2.26. The highest BCUT2D eigenvalue weighted by Gasteiger charge is 2.19. The van der Waals surface area contributed by atoms with Crippen molar-refractivity contribution in [3.8, 4) is 11.3 Å². The number of Topliss-reactive ketones (excluding diaryl/α,β-unsaturated/α-hetero) is 1. The van der Waals surface area contributed by atoms with Crippen LogP contribution in [0, 0.1) is 0 Å². The highest BCUT2D eigenvalue weighted by atomic mass is 16.5. The lowest BCUT2D eigenvalue weighted by Crippen LogP contribution is -2.40. The molecule has 1 fully saturated rings. The minimum Gasteiger partial charge on any atom is -0.378 e. The van der Waals surface area contributed by atoms with Crippen LogP contribution in [-0.2, 0) is 16.6 Å². The second kappa shape index (κ2) is 11.8. The van der Waals surface area contributed by atoms with Crippen molar-refractivity contribution in [3.63, 3.8) is 0 Å². The lowest BCUT2D eigenvalue weighted by molar-refractivity contribution is 0.0303. The molecule has 0 bridgehead atoms. The van der Waals surface area contributed by atoms with Crippen molar-refractivity contribution in [3.05, 3.63) is 114 Å². The van der Waals surface area contributed by atoms with Crippen LogP contribution in [0.4, 0.5) is 11.5 Å². The maximum atomic E-state index is 13.1. The third-order valence-corrected chi connectivity index (χ3v) is 7.73. The Bertz CT molecular complexity index is 1760. The summed E-state index contributed by atoms with van der Waals surface area (Å²) in [7, 11) is 0. The molecule has 218 valence electrons. The molecule has 1 N–H and O–H groups in total. The van der Waals surface area contributed by atoms with Gasteiger partial charge in [0.1, 0.15) is 0 Å². The zero-order chi connectivity index (χ0) is 30.0. The fraction of sp³-hybridized carbons (Fsp3) is 0.257. The van der Waals surface area contributed by atoms with Gasteiger partial charge in [-0.1, -0.05) is 63.2 Å². The Morgan fingerprint density at radius 1 is 0.930 bits per heavy atom. The summed E-state index contributed by atoms with van der Waals surface area (Å²) in [5.41, 5.74) is 6.64. The standard InChI is InChI=1S/C35H35N5O3/c1-35(2,3)28-11-7-25(8-12-28)31(41)22-24-5-4-6-27(21-24)30-23-40-16-15-36-33(40)32(38-30)37-29-13-9-26(10-14-29)34(42)39-17-19-43-20-18-39/h4-16,21,23H,17-20,22H2,1-3H3,(H,37,38). The van der Waals surface area contributed by atoms with Gasteiger partial charge >= 0.3 is 0 Å². The number of ketones is 1. The number of ether oxygens (including phenoxy) is 1. The summed E-state index contributed by atoms with van der Waals surface area (Å²) < 4.78 is 7.29. The van der Waals surface area contributed by atoms with E-state index in [4.69, 9.17) is 9.72 Å². The average molecular weight is 574 g/mol. The van der Waals surface area contributed by atoms with Crippen molar-refractivity contribution in [1.29, 1.82) is 0 Å². The summed E-state index contributed by atoms with van der Waals surface area (Å²) in [6.45, 7) is 8.84. The molecule has 0 radical (unpaired) electrons. The van der Waals surface area contributed by atoms with Gasteiger partial charge < -0.3 is 19.4 Å². The molecule has 8 nitrogen and oxygen atoms in total. The fourth-order valence-electron chi connectivity index (χ4n) is 5.22. The Hall–Kier alpha value is -4.82. The van der Waals surface area contributed by atoms with E-state index in [1.165, 1.54) is 5.56 Å². The van der Waals surface area contributed by atoms with Crippen molar-refractivity contribution in [2.75, 3.05) is 31.6 Å². The molecule has 5 aromatic rings. The molecule has 3 aromatic carbocycles.